The lowest BCUT2D eigenvalue weighted by Gasteiger charge is -2.24. The van der Waals surface area contributed by atoms with Crippen LogP contribution in [0.3, 0.4) is 0 Å². The zero-order valence-electron chi connectivity index (χ0n) is 14.7. The number of halogens is 1. The Bertz CT molecular complexity index is 1050. The Morgan fingerprint density at radius 3 is 2.46 bits per heavy atom. The number of hydrogen-bond acceptors (Lipinski definition) is 4. The number of cyclic esters (lactones) is 1. The van der Waals surface area contributed by atoms with E-state index < -0.39 is 18.0 Å². The van der Waals surface area contributed by atoms with E-state index in [0.29, 0.717) is 34.2 Å². The fourth-order valence-corrected chi connectivity index (χ4v) is 3.17. The molecular formula is C22H16ClNO4. The van der Waals surface area contributed by atoms with Gasteiger partial charge < -0.3 is 14.8 Å². The molecule has 1 N–H and O–H groups in total. The number of ether oxygens (including phenoxy) is 2. The second kappa shape index (κ2) is 7.74. The molecule has 4 rings (SSSR count). The second-order valence-electron chi connectivity index (χ2n) is 6.27. The predicted octanol–water partition coefficient (Wildman–Crippen LogP) is 4.85. The molecule has 0 aliphatic carbocycles. The highest BCUT2D eigenvalue weighted by Gasteiger charge is 2.31. The minimum absolute atomic E-state index is 0.321. The molecule has 0 saturated heterocycles. The van der Waals surface area contributed by atoms with Gasteiger partial charge in [0, 0.05) is 6.42 Å². The maximum atomic E-state index is 12.7. The van der Waals surface area contributed by atoms with E-state index in [0.717, 1.165) is 5.56 Å². The van der Waals surface area contributed by atoms with Crippen LogP contribution in [0.15, 0.2) is 72.8 Å². The molecule has 0 spiro atoms. The fourth-order valence-electron chi connectivity index (χ4n) is 3.00. The summed E-state index contributed by atoms with van der Waals surface area (Å²) in [6.07, 6.45) is -0.586. The maximum Gasteiger partial charge on any atom is 0.339 e. The highest BCUT2D eigenvalue weighted by Crippen LogP contribution is 2.33. The number of hydrogen-bond donors (Lipinski definition) is 1. The van der Waals surface area contributed by atoms with Crippen molar-refractivity contribution in [3.63, 3.8) is 0 Å². The van der Waals surface area contributed by atoms with Crippen LogP contribution < -0.4 is 10.1 Å². The van der Waals surface area contributed by atoms with Gasteiger partial charge in [-0.1, -0.05) is 54.1 Å². The molecule has 0 radical (unpaired) electrons. The van der Waals surface area contributed by atoms with Crippen LogP contribution in [0, 0.1) is 0 Å². The van der Waals surface area contributed by atoms with Crippen LogP contribution in [-0.2, 0) is 16.0 Å². The normalized spacial score (nSPS) is 15.3. The van der Waals surface area contributed by atoms with Gasteiger partial charge in [0.15, 0.2) is 11.9 Å². The largest absolute Gasteiger partial charge is 0.454 e. The molecule has 1 amide bonds. The molecule has 1 atom stereocenters. The van der Waals surface area contributed by atoms with Crippen LogP contribution in [0.25, 0.3) is 0 Å². The fraction of sp³-hybridized carbons (Fsp3) is 0.0909. The van der Waals surface area contributed by atoms with Crippen molar-refractivity contribution in [2.24, 2.45) is 0 Å². The van der Waals surface area contributed by atoms with E-state index in [1.165, 1.54) is 0 Å². The Labute approximate surface area is 166 Å². The topological polar surface area (TPSA) is 64.6 Å². The molecule has 28 heavy (non-hydrogen) atoms. The molecule has 1 aliphatic heterocycles. The summed E-state index contributed by atoms with van der Waals surface area (Å²) < 4.78 is 11.2. The minimum Gasteiger partial charge on any atom is -0.454 e. The van der Waals surface area contributed by atoms with E-state index in [1.54, 1.807) is 60.7 Å². The summed E-state index contributed by atoms with van der Waals surface area (Å²) in [7, 11) is 0. The number of benzene rings is 3. The quantitative estimate of drug-likeness (QED) is 0.643. The van der Waals surface area contributed by atoms with Crippen LogP contribution >= 0.6 is 11.6 Å². The zero-order chi connectivity index (χ0) is 19.5. The van der Waals surface area contributed by atoms with E-state index in [-0.39, 0.29) is 0 Å². The third-order valence-corrected chi connectivity index (χ3v) is 4.70. The van der Waals surface area contributed by atoms with Crippen molar-refractivity contribution < 1.29 is 19.1 Å². The first-order valence-corrected chi connectivity index (χ1v) is 9.11. The second-order valence-corrected chi connectivity index (χ2v) is 6.68. The number of carbonyl (C=O) groups excluding carboxylic acids is 2. The number of nitrogens with one attached hydrogen (secondary N) is 1. The van der Waals surface area contributed by atoms with Crippen molar-refractivity contribution in [2.45, 2.75) is 12.5 Å². The van der Waals surface area contributed by atoms with Gasteiger partial charge in [0.05, 0.1) is 16.3 Å². The van der Waals surface area contributed by atoms with Crippen LogP contribution in [0.2, 0.25) is 5.02 Å². The summed E-state index contributed by atoms with van der Waals surface area (Å²) >= 11 is 6.15. The molecule has 0 fully saturated rings. The highest BCUT2D eigenvalue weighted by molar-refractivity contribution is 6.32. The summed E-state index contributed by atoms with van der Waals surface area (Å²) in [4.78, 5) is 24.9. The van der Waals surface area contributed by atoms with E-state index in [9.17, 15) is 9.59 Å². The first-order chi connectivity index (χ1) is 13.6. The van der Waals surface area contributed by atoms with Gasteiger partial charge in [-0.05, 0) is 35.9 Å². The number of para-hydroxylation sites is 3. The van der Waals surface area contributed by atoms with Gasteiger partial charge >= 0.3 is 5.97 Å². The molecule has 0 aromatic heterocycles. The van der Waals surface area contributed by atoms with Crippen LogP contribution in [-0.4, -0.2) is 18.0 Å². The van der Waals surface area contributed by atoms with Crippen LogP contribution in [0.5, 0.6) is 11.5 Å². The molecular weight excluding hydrogens is 378 g/mol. The molecule has 6 heteroatoms. The SMILES string of the molecule is O=C1OC(C(=O)Nc2ccccc2Oc2ccccc2Cl)Cc2ccccc21. The van der Waals surface area contributed by atoms with Crippen molar-refractivity contribution >= 4 is 29.2 Å². The van der Waals surface area contributed by atoms with Crippen molar-refractivity contribution in [2.75, 3.05) is 5.32 Å². The Hall–Kier alpha value is -3.31. The smallest absolute Gasteiger partial charge is 0.339 e. The Kier molecular flexibility index (Phi) is 5.00. The average Bonchev–Trinajstić information content (AvgIpc) is 2.71. The van der Waals surface area contributed by atoms with Gasteiger partial charge in [-0.15, -0.1) is 0 Å². The summed E-state index contributed by atoms with van der Waals surface area (Å²) in [5, 5.41) is 3.25. The lowest BCUT2D eigenvalue weighted by molar-refractivity contribution is -0.125. The van der Waals surface area contributed by atoms with Crippen molar-refractivity contribution in [1.29, 1.82) is 0 Å². The number of rotatable bonds is 4. The van der Waals surface area contributed by atoms with Gasteiger partial charge in [0.25, 0.3) is 5.91 Å². The lowest BCUT2D eigenvalue weighted by atomic mass is 9.98. The predicted molar refractivity (Wildman–Crippen MR) is 106 cm³/mol. The molecule has 0 bridgehead atoms. The number of fused-ring (bicyclic) bond motifs is 1. The first-order valence-electron chi connectivity index (χ1n) is 8.73. The molecule has 0 saturated carbocycles. The first kappa shape index (κ1) is 18.1. The molecule has 1 heterocycles. The van der Waals surface area contributed by atoms with Gasteiger partial charge in [-0.2, -0.15) is 0 Å². The highest BCUT2D eigenvalue weighted by atomic mass is 35.5. The van der Waals surface area contributed by atoms with E-state index >= 15 is 0 Å². The van der Waals surface area contributed by atoms with Crippen molar-refractivity contribution in [1.82, 2.24) is 0 Å². The number of anilines is 1. The minimum atomic E-state index is -0.907. The Morgan fingerprint density at radius 2 is 1.64 bits per heavy atom. The molecule has 1 aliphatic rings. The van der Waals surface area contributed by atoms with Crippen molar-refractivity contribution in [3.05, 3.63) is 88.9 Å². The zero-order valence-corrected chi connectivity index (χ0v) is 15.5. The van der Waals surface area contributed by atoms with Crippen molar-refractivity contribution in [3.8, 4) is 11.5 Å². The van der Waals surface area contributed by atoms with E-state index in [4.69, 9.17) is 21.1 Å². The standard InChI is InChI=1S/C22H16ClNO4/c23-16-9-3-5-11-18(16)27-19-12-6-4-10-17(19)24-21(25)20-13-14-7-1-2-8-15(14)22(26)28-20/h1-12,20H,13H2,(H,24,25). The summed E-state index contributed by atoms with van der Waals surface area (Å²) in [6, 6.07) is 21.2. The average molecular weight is 394 g/mol. The number of amides is 1. The summed E-state index contributed by atoms with van der Waals surface area (Å²) in [6.45, 7) is 0. The number of esters is 1. The van der Waals surface area contributed by atoms with Gasteiger partial charge in [0.2, 0.25) is 0 Å². The Balaban J connectivity index is 1.53. The molecule has 5 nitrogen and oxygen atoms in total. The molecule has 3 aromatic rings. The third kappa shape index (κ3) is 3.70. The van der Waals surface area contributed by atoms with Crippen LogP contribution in [0.4, 0.5) is 5.69 Å². The summed E-state index contributed by atoms with van der Waals surface area (Å²) in [5.74, 6) is -0.00367. The monoisotopic (exact) mass is 393 g/mol. The van der Waals surface area contributed by atoms with E-state index in [2.05, 4.69) is 5.32 Å². The van der Waals surface area contributed by atoms with E-state index in [1.807, 2.05) is 12.1 Å². The third-order valence-electron chi connectivity index (χ3n) is 4.39. The Morgan fingerprint density at radius 1 is 0.964 bits per heavy atom. The summed E-state index contributed by atoms with van der Waals surface area (Å²) in [5.41, 5.74) is 1.75. The van der Waals surface area contributed by atoms with Gasteiger partial charge in [-0.25, -0.2) is 4.79 Å². The number of carbonyl (C=O) groups is 2. The van der Waals surface area contributed by atoms with Gasteiger partial charge in [-0.3, -0.25) is 4.79 Å². The maximum absolute atomic E-state index is 12.7. The lowest BCUT2D eigenvalue weighted by Crippen LogP contribution is -2.38. The molecule has 140 valence electrons. The van der Waals surface area contributed by atoms with Crippen LogP contribution in [0.1, 0.15) is 15.9 Å². The molecule has 3 aromatic carbocycles. The van der Waals surface area contributed by atoms with Gasteiger partial charge in [0.1, 0.15) is 5.75 Å². The molecule has 1 unspecified atom stereocenters.